The van der Waals surface area contributed by atoms with E-state index >= 15 is 0 Å². The fourth-order valence-electron chi connectivity index (χ4n) is 3.51. The zero-order valence-corrected chi connectivity index (χ0v) is 18.0. The van der Waals surface area contributed by atoms with Gasteiger partial charge in [0.05, 0.1) is 43.2 Å². The van der Waals surface area contributed by atoms with Gasteiger partial charge in [0.2, 0.25) is 0 Å². The first-order chi connectivity index (χ1) is 15.2. The number of aromatic nitrogens is 2. The fourth-order valence-corrected chi connectivity index (χ4v) is 3.69. The molecular weight excluding hydrogens is 423 g/mol. The number of fused-ring (bicyclic) bond motifs is 1. The van der Waals surface area contributed by atoms with Gasteiger partial charge < -0.3 is 19.5 Å². The molecule has 0 bridgehead atoms. The molecule has 0 atom stereocenters. The van der Waals surface area contributed by atoms with E-state index in [-0.39, 0.29) is 5.02 Å². The summed E-state index contributed by atoms with van der Waals surface area (Å²) in [4.78, 5) is 10.8. The molecule has 0 saturated carbocycles. The van der Waals surface area contributed by atoms with Crippen molar-refractivity contribution < 1.29 is 18.6 Å². The minimum Gasteiger partial charge on any atom is -0.493 e. The molecule has 0 radical (unpaired) electrons. The summed E-state index contributed by atoms with van der Waals surface area (Å²) < 4.78 is 30.8. The van der Waals surface area contributed by atoms with E-state index in [0.717, 1.165) is 44.7 Å². The van der Waals surface area contributed by atoms with Gasteiger partial charge >= 0.3 is 0 Å². The summed E-state index contributed by atoms with van der Waals surface area (Å²) in [5.74, 6) is 0.617. The van der Waals surface area contributed by atoms with E-state index in [4.69, 9.17) is 25.8 Å². The number of hydrogen-bond acceptors (Lipinski definition) is 7. The van der Waals surface area contributed by atoms with E-state index < -0.39 is 5.82 Å². The summed E-state index contributed by atoms with van der Waals surface area (Å²) >= 11 is 5.96. The van der Waals surface area contributed by atoms with Gasteiger partial charge in [-0.15, -0.1) is 0 Å². The molecule has 4 rings (SSSR count). The normalized spacial score (nSPS) is 14.5. The van der Waals surface area contributed by atoms with Crippen molar-refractivity contribution in [3.05, 3.63) is 47.6 Å². The number of anilines is 2. The van der Waals surface area contributed by atoms with Crippen LogP contribution in [0, 0.1) is 5.82 Å². The van der Waals surface area contributed by atoms with Crippen LogP contribution < -0.4 is 14.8 Å². The summed E-state index contributed by atoms with van der Waals surface area (Å²) in [5, 5.41) is 4.07. The highest BCUT2D eigenvalue weighted by Crippen LogP contribution is 2.42. The number of benzene rings is 2. The Balaban J connectivity index is 1.60. The minimum absolute atomic E-state index is 0.0291. The van der Waals surface area contributed by atoms with Gasteiger partial charge in [0.25, 0.3) is 0 Å². The predicted octanol–water partition coefficient (Wildman–Crippen LogP) is 4.28. The summed E-state index contributed by atoms with van der Waals surface area (Å²) in [5.41, 5.74) is 1.95. The Kier molecular flexibility index (Phi) is 7.01. The maximum Gasteiger partial charge on any atom is 0.185 e. The first-order valence-electron chi connectivity index (χ1n) is 10.1. The van der Waals surface area contributed by atoms with Crippen molar-refractivity contribution in [3.8, 4) is 11.5 Å². The largest absolute Gasteiger partial charge is 0.493 e. The molecular formula is C22H24ClFN4O3. The Labute approximate surface area is 185 Å². The van der Waals surface area contributed by atoms with Crippen molar-refractivity contribution >= 4 is 33.9 Å². The van der Waals surface area contributed by atoms with Crippen molar-refractivity contribution in [2.45, 2.75) is 6.42 Å². The highest BCUT2D eigenvalue weighted by atomic mass is 35.5. The smallest absolute Gasteiger partial charge is 0.185 e. The first-order valence-corrected chi connectivity index (χ1v) is 10.5. The van der Waals surface area contributed by atoms with Gasteiger partial charge in [-0.2, -0.15) is 0 Å². The molecule has 1 N–H and O–H groups in total. The van der Waals surface area contributed by atoms with Crippen molar-refractivity contribution in [1.82, 2.24) is 14.9 Å². The number of morpholine rings is 1. The highest BCUT2D eigenvalue weighted by Gasteiger charge is 2.18. The molecule has 2 heterocycles. The fraction of sp³-hybridized carbons (Fsp3) is 0.364. The lowest BCUT2D eigenvalue weighted by molar-refractivity contribution is 0.0357. The van der Waals surface area contributed by atoms with Crippen molar-refractivity contribution in [2.75, 3.05) is 51.9 Å². The number of ether oxygens (including phenoxy) is 3. The number of rotatable bonds is 8. The molecule has 0 unspecified atom stereocenters. The number of halogens is 2. The zero-order chi connectivity index (χ0) is 21.6. The molecule has 0 aliphatic carbocycles. The zero-order valence-electron chi connectivity index (χ0n) is 17.2. The Morgan fingerprint density at radius 1 is 1.26 bits per heavy atom. The van der Waals surface area contributed by atoms with Crippen molar-refractivity contribution in [3.63, 3.8) is 0 Å². The Bertz CT molecular complexity index is 1050. The third-order valence-corrected chi connectivity index (χ3v) is 5.40. The summed E-state index contributed by atoms with van der Waals surface area (Å²) in [6.45, 7) is 4.86. The van der Waals surface area contributed by atoms with Crippen LogP contribution in [-0.2, 0) is 4.74 Å². The van der Waals surface area contributed by atoms with Crippen LogP contribution in [0.4, 0.5) is 15.8 Å². The highest BCUT2D eigenvalue weighted by molar-refractivity contribution is 6.31. The van der Waals surface area contributed by atoms with E-state index in [1.807, 2.05) is 6.07 Å². The molecule has 3 aromatic rings. The van der Waals surface area contributed by atoms with Crippen LogP contribution in [0.2, 0.25) is 5.02 Å². The number of methoxy groups -OCH3 is 1. The Morgan fingerprint density at radius 3 is 2.87 bits per heavy atom. The van der Waals surface area contributed by atoms with Crippen LogP contribution in [-0.4, -0.2) is 61.4 Å². The van der Waals surface area contributed by atoms with Crippen molar-refractivity contribution in [1.29, 1.82) is 0 Å². The lowest BCUT2D eigenvalue weighted by atomic mass is 10.1. The first kappa shape index (κ1) is 21.5. The number of nitrogens with one attached hydrogen (secondary N) is 1. The minimum atomic E-state index is -0.481. The van der Waals surface area contributed by atoms with Crippen LogP contribution in [0.1, 0.15) is 6.42 Å². The predicted molar refractivity (Wildman–Crippen MR) is 118 cm³/mol. The third kappa shape index (κ3) is 5.15. The van der Waals surface area contributed by atoms with Gasteiger partial charge in [-0.25, -0.2) is 14.4 Å². The molecule has 2 aromatic carbocycles. The van der Waals surface area contributed by atoms with Crippen LogP contribution in [0.3, 0.4) is 0 Å². The molecule has 1 saturated heterocycles. The second-order valence-corrected chi connectivity index (χ2v) is 7.56. The molecule has 9 heteroatoms. The maximum atomic E-state index is 13.6. The van der Waals surface area contributed by atoms with Gasteiger partial charge in [0, 0.05) is 43.0 Å². The average Bonchev–Trinajstić information content (AvgIpc) is 2.80. The third-order valence-electron chi connectivity index (χ3n) is 5.11. The van der Waals surface area contributed by atoms with Gasteiger partial charge in [-0.3, -0.25) is 4.90 Å². The van der Waals surface area contributed by atoms with Crippen LogP contribution in [0.25, 0.3) is 10.9 Å². The Morgan fingerprint density at radius 2 is 2.10 bits per heavy atom. The molecule has 0 spiro atoms. The molecule has 1 aliphatic heterocycles. The summed E-state index contributed by atoms with van der Waals surface area (Å²) in [7, 11) is 1.58. The molecule has 164 valence electrons. The SMILES string of the molecule is COc1cc2ncncc2c(Nc2ccc(F)c(Cl)c2)c1OCCCN1CCOCC1. The quantitative estimate of drug-likeness (QED) is 0.518. The van der Waals surface area contributed by atoms with Gasteiger partial charge in [-0.1, -0.05) is 11.6 Å². The lowest BCUT2D eigenvalue weighted by Gasteiger charge is -2.26. The van der Waals surface area contributed by atoms with Crippen LogP contribution in [0.5, 0.6) is 11.5 Å². The maximum absolute atomic E-state index is 13.6. The summed E-state index contributed by atoms with van der Waals surface area (Å²) in [6, 6.07) is 6.26. The van der Waals surface area contributed by atoms with E-state index in [9.17, 15) is 4.39 Å². The topological polar surface area (TPSA) is 68.7 Å². The molecule has 7 nitrogen and oxygen atoms in total. The molecule has 1 aromatic heterocycles. The average molecular weight is 447 g/mol. The second-order valence-electron chi connectivity index (χ2n) is 7.15. The second kappa shape index (κ2) is 10.1. The van der Waals surface area contributed by atoms with E-state index in [2.05, 4.69) is 20.2 Å². The standard InChI is InChI=1S/C22H24ClFN4O3/c1-29-20-12-19-16(13-25-14-26-19)21(27-15-3-4-18(24)17(23)11-15)22(20)31-8-2-5-28-6-9-30-10-7-28/h3-4,11-14,27H,2,5-10H2,1H3. The van der Waals surface area contributed by atoms with Crippen LogP contribution in [0.15, 0.2) is 36.8 Å². The molecule has 0 amide bonds. The van der Waals surface area contributed by atoms with E-state index in [1.165, 1.54) is 18.5 Å². The molecule has 31 heavy (non-hydrogen) atoms. The van der Waals surface area contributed by atoms with Crippen molar-refractivity contribution in [2.24, 2.45) is 0 Å². The molecule has 1 fully saturated rings. The monoisotopic (exact) mass is 446 g/mol. The summed E-state index contributed by atoms with van der Waals surface area (Å²) in [6.07, 6.45) is 4.04. The molecule has 1 aliphatic rings. The van der Waals surface area contributed by atoms with Gasteiger partial charge in [-0.05, 0) is 24.6 Å². The van der Waals surface area contributed by atoms with E-state index in [0.29, 0.717) is 35.0 Å². The lowest BCUT2D eigenvalue weighted by Crippen LogP contribution is -2.37. The van der Waals surface area contributed by atoms with Gasteiger partial charge in [0.1, 0.15) is 12.1 Å². The van der Waals surface area contributed by atoms with Crippen LogP contribution >= 0.6 is 11.6 Å². The van der Waals surface area contributed by atoms with E-state index in [1.54, 1.807) is 19.4 Å². The van der Waals surface area contributed by atoms with Gasteiger partial charge in [0.15, 0.2) is 11.5 Å². The number of hydrogen-bond donors (Lipinski definition) is 1. The number of nitrogens with zero attached hydrogens (tertiary/aromatic N) is 3. The Hall–Kier alpha value is -2.68.